The van der Waals surface area contributed by atoms with Crippen LogP contribution >= 0.6 is 0 Å². The lowest BCUT2D eigenvalue weighted by atomic mass is 9.90. The second kappa shape index (κ2) is 7.46. The van der Waals surface area contributed by atoms with Crippen LogP contribution in [-0.2, 0) is 4.74 Å². The Morgan fingerprint density at radius 1 is 1.17 bits per heavy atom. The molecule has 3 heterocycles. The number of nitrogens with zero attached hydrogens (tertiary/aromatic N) is 4. The van der Waals surface area contributed by atoms with Crippen LogP contribution in [0.1, 0.15) is 45.1 Å². The molecule has 0 spiro atoms. The molecule has 1 aliphatic heterocycles. The van der Waals surface area contributed by atoms with Gasteiger partial charge >= 0.3 is 6.09 Å². The van der Waals surface area contributed by atoms with Gasteiger partial charge in [-0.2, -0.15) is 0 Å². The fourth-order valence-corrected chi connectivity index (χ4v) is 3.80. The predicted octanol–water partition coefficient (Wildman–Crippen LogP) is 4.67. The van der Waals surface area contributed by atoms with Crippen molar-refractivity contribution in [3.05, 3.63) is 54.4 Å². The second-order valence-electron chi connectivity index (χ2n) is 8.43. The number of ether oxygens (including phenoxy) is 1. The number of carbonyl (C=O) groups is 1. The Hall–Kier alpha value is -2.96. The van der Waals surface area contributed by atoms with E-state index >= 15 is 0 Å². The first-order valence-electron chi connectivity index (χ1n) is 9.86. The molecule has 152 valence electrons. The second-order valence-corrected chi connectivity index (χ2v) is 8.43. The summed E-state index contributed by atoms with van der Waals surface area (Å²) >= 11 is 0. The molecule has 1 aromatic carbocycles. The molecule has 6 nitrogen and oxygen atoms in total. The number of benzene rings is 1. The van der Waals surface area contributed by atoms with E-state index in [9.17, 15) is 9.18 Å². The smallest absolute Gasteiger partial charge is 0.410 e. The largest absolute Gasteiger partial charge is 0.444 e. The van der Waals surface area contributed by atoms with E-state index < -0.39 is 5.60 Å². The highest BCUT2D eigenvalue weighted by atomic mass is 19.1. The van der Waals surface area contributed by atoms with Crippen molar-refractivity contribution in [2.24, 2.45) is 0 Å². The Bertz CT molecular complexity index is 1020. The number of halogens is 1. The molecule has 0 aliphatic carbocycles. The molecule has 0 bridgehead atoms. The third-order valence-electron chi connectivity index (χ3n) is 5.19. The number of hydrogen-bond acceptors (Lipinski definition) is 4. The summed E-state index contributed by atoms with van der Waals surface area (Å²) in [6, 6.07) is 6.39. The third-order valence-corrected chi connectivity index (χ3v) is 5.19. The molecule has 0 N–H and O–H groups in total. The van der Waals surface area contributed by atoms with Gasteiger partial charge in [0.2, 0.25) is 0 Å². The van der Waals surface area contributed by atoms with Crippen molar-refractivity contribution in [3.63, 3.8) is 0 Å². The molecule has 29 heavy (non-hydrogen) atoms. The number of aromatic nitrogens is 3. The lowest BCUT2D eigenvalue weighted by molar-refractivity contribution is 0.0205. The van der Waals surface area contributed by atoms with Gasteiger partial charge in [-0.15, -0.1) is 0 Å². The topological polar surface area (TPSA) is 60.2 Å². The molecule has 1 aliphatic rings. The summed E-state index contributed by atoms with van der Waals surface area (Å²) in [6.07, 6.45) is 6.83. The quantitative estimate of drug-likeness (QED) is 0.631. The van der Waals surface area contributed by atoms with Crippen molar-refractivity contribution in [3.8, 4) is 5.69 Å². The van der Waals surface area contributed by atoms with Gasteiger partial charge in [-0.3, -0.25) is 0 Å². The lowest BCUT2D eigenvalue weighted by Crippen LogP contribution is -2.41. The summed E-state index contributed by atoms with van der Waals surface area (Å²) in [5.74, 6) is 0.0176. The number of rotatable bonds is 2. The molecule has 1 saturated heterocycles. The number of amides is 1. The highest BCUT2D eigenvalue weighted by Gasteiger charge is 2.29. The highest BCUT2D eigenvalue weighted by Crippen LogP contribution is 2.34. The van der Waals surface area contributed by atoms with Crippen LogP contribution in [0, 0.1) is 5.82 Å². The number of piperidine rings is 1. The zero-order chi connectivity index (χ0) is 20.6. The molecule has 0 atom stereocenters. The Kier molecular flexibility index (Phi) is 4.98. The van der Waals surface area contributed by atoms with E-state index in [2.05, 4.69) is 16.2 Å². The maximum Gasteiger partial charge on any atom is 0.410 e. The zero-order valence-electron chi connectivity index (χ0n) is 16.9. The summed E-state index contributed by atoms with van der Waals surface area (Å²) in [5.41, 5.74) is 3.30. The van der Waals surface area contributed by atoms with Crippen LogP contribution in [0.4, 0.5) is 9.18 Å². The van der Waals surface area contributed by atoms with Crippen molar-refractivity contribution in [1.29, 1.82) is 0 Å². The average molecular weight is 396 g/mol. The van der Waals surface area contributed by atoms with E-state index in [0.717, 1.165) is 35.1 Å². The van der Waals surface area contributed by atoms with E-state index in [4.69, 9.17) is 4.74 Å². The molecule has 3 aromatic rings. The zero-order valence-corrected chi connectivity index (χ0v) is 16.9. The minimum Gasteiger partial charge on any atom is -0.444 e. The molecule has 2 aromatic heterocycles. The summed E-state index contributed by atoms with van der Waals surface area (Å²) in [7, 11) is 0. The van der Waals surface area contributed by atoms with E-state index in [1.807, 2.05) is 25.3 Å². The molecular formula is C22H25FN4O2. The van der Waals surface area contributed by atoms with Gasteiger partial charge < -0.3 is 14.2 Å². The predicted molar refractivity (Wildman–Crippen MR) is 109 cm³/mol. The number of fused-ring (bicyclic) bond motifs is 1. The molecule has 0 saturated carbocycles. The van der Waals surface area contributed by atoms with Gasteiger partial charge in [0.05, 0.1) is 17.2 Å². The van der Waals surface area contributed by atoms with Crippen LogP contribution in [0.25, 0.3) is 16.7 Å². The van der Waals surface area contributed by atoms with Crippen molar-refractivity contribution in [2.45, 2.75) is 45.1 Å². The van der Waals surface area contributed by atoms with E-state index in [1.54, 1.807) is 29.6 Å². The fraction of sp³-hybridized carbons (Fsp3) is 0.409. The average Bonchev–Trinajstić information content (AvgIpc) is 3.07. The normalized spacial score (nSPS) is 15.7. The summed E-state index contributed by atoms with van der Waals surface area (Å²) in [5, 5.41) is 0. The van der Waals surface area contributed by atoms with Gasteiger partial charge in [0.1, 0.15) is 17.7 Å². The van der Waals surface area contributed by atoms with Gasteiger partial charge in [0.15, 0.2) is 0 Å². The van der Waals surface area contributed by atoms with Gasteiger partial charge in [-0.05, 0) is 69.4 Å². The Morgan fingerprint density at radius 2 is 1.86 bits per heavy atom. The first kappa shape index (κ1) is 19.4. The maximum atomic E-state index is 13.3. The van der Waals surface area contributed by atoms with Gasteiger partial charge in [-0.1, -0.05) is 0 Å². The van der Waals surface area contributed by atoms with Crippen molar-refractivity contribution < 1.29 is 13.9 Å². The molecule has 0 unspecified atom stereocenters. The Morgan fingerprint density at radius 3 is 2.52 bits per heavy atom. The summed E-state index contributed by atoms with van der Waals surface area (Å²) in [4.78, 5) is 22.8. The summed E-state index contributed by atoms with van der Waals surface area (Å²) < 4.78 is 20.8. The van der Waals surface area contributed by atoms with Crippen LogP contribution in [0.15, 0.2) is 43.0 Å². The minimum absolute atomic E-state index is 0.257. The van der Waals surface area contributed by atoms with Crippen molar-refractivity contribution in [2.75, 3.05) is 13.1 Å². The van der Waals surface area contributed by atoms with E-state index in [-0.39, 0.29) is 17.8 Å². The molecule has 7 heteroatoms. The monoisotopic (exact) mass is 396 g/mol. The number of hydrogen-bond donors (Lipinski definition) is 0. The highest BCUT2D eigenvalue weighted by molar-refractivity contribution is 5.81. The lowest BCUT2D eigenvalue weighted by Gasteiger charge is -2.33. The first-order valence-corrected chi connectivity index (χ1v) is 9.86. The van der Waals surface area contributed by atoms with Gasteiger partial charge in [-0.25, -0.2) is 19.2 Å². The van der Waals surface area contributed by atoms with Crippen molar-refractivity contribution in [1.82, 2.24) is 19.4 Å². The molecule has 0 radical (unpaired) electrons. The van der Waals surface area contributed by atoms with Crippen LogP contribution in [-0.4, -0.2) is 44.2 Å². The molecule has 1 fully saturated rings. The standard InChI is InChI=1S/C22H25FN4O2/c1-22(2,3)29-21(28)26-10-8-15(9-11-26)18-13-27(17-6-4-16(23)5-7-17)19-12-24-14-25-20(18)19/h4-7,12-15H,8-11H2,1-3H3. The Labute approximate surface area is 169 Å². The molecule has 4 rings (SSSR count). The minimum atomic E-state index is -0.493. The molecular weight excluding hydrogens is 371 g/mol. The molecule has 1 amide bonds. The van der Waals surface area contributed by atoms with Crippen LogP contribution in [0.3, 0.4) is 0 Å². The van der Waals surface area contributed by atoms with Crippen LogP contribution in [0.2, 0.25) is 0 Å². The Balaban J connectivity index is 1.58. The van der Waals surface area contributed by atoms with E-state index in [0.29, 0.717) is 13.1 Å². The van der Waals surface area contributed by atoms with Gasteiger partial charge in [0, 0.05) is 25.0 Å². The maximum absolute atomic E-state index is 13.3. The third kappa shape index (κ3) is 4.09. The van der Waals surface area contributed by atoms with E-state index in [1.165, 1.54) is 12.1 Å². The fourth-order valence-electron chi connectivity index (χ4n) is 3.80. The SMILES string of the molecule is CC(C)(C)OC(=O)N1CCC(c2cn(-c3ccc(F)cc3)c3cncnc23)CC1. The van der Waals surface area contributed by atoms with Crippen LogP contribution < -0.4 is 0 Å². The van der Waals surface area contributed by atoms with Crippen molar-refractivity contribution >= 4 is 17.1 Å². The summed E-state index contributed by atoms with van der Waals surface area (Å²) in [6.45, 7) is 6.92. The number of carbonyl (C=O) groups excluding carboxylic acids is 1. The number of likely N-dealkylation sites (tertiary alicyclic amines) is 1. The van der Waals surface area contributed by atoms with Gasteiger partial charge in [0.25, 0.3) is 0 Å². The first-order chi connectivity index (χ1) is 13.8. The van der Waals surface area contributed by atoms with Crippen LogP contribution in [0.5, 0.6) is 0 Å².